The molecule has 0 saturated carbocycles. The topological polar surface area (TPSA) is 153 Å². The molecule has 366 valence electrons. The number of hydrogen-bond acceptors (Lipinski definition) is 11. The summed E-state index contributed by atoms with van der Waals surface area (Å²) in [6.45, 7) is 6.53. The molecule has 0 radical (unpaired) electrons. The van der Waals surface area contributed by atoms with Gasteiger partial charge >= 0.3 is 11.3 Å². The quantitative estimate of drug-likeness (QED) is 0.105. The van der Waals surface area contributed by atoms with E-state index in [9.17, 15) is 22.8 Å². The van der Waals surface area contributed by atoms with Crippen LogP contribution in [0.1, 0.15) is 45.1 Å². The standard InChI is InChI=1S/C26H24FN5O2.C14H15FN2.C13H11BrN2O2.CH3F/c27-18-8-7-17-9-10-28-25(20(17)16-18)32-14-12-31(13-15-32)11-3-6-22-29-23-19-4-1-2-5-21(19)34-26(33)24(23)30-22;15-12-5-4-11-6-7-16-14(13(11)10-12)17-8-2-1-3-9-17;14-7-3-6-10-15-11-8-4-1-2-5-9(8)18-13(17)12(11)16-10;1-2/h1-2,4-5,7-10,16H,3,6,11-15H2,(H,29,30);4-7,10H,1-3,8-9H2;1-2,4-5H,3,6-7H2,(H,15,16);1H3/i;;;1D. The number of alkyl halides is 2. The van der Waals surface area contributed by atoms with Gasteiger partial charge < -0.3 is 28.6 Å². The second kappa shape index (κ2) is 22.8. The lowest BCUT2D eigenvalue weighted by atomic mass is 10.1. The fraction of sp³-hybridized carbons (Fsp3) is 0.296. The van der Waals surface area contributed by atoms with Crippen molar-refractivity contribution in [2.75, 3.05) is 68.1 Å². The summed E-state index contributed by atoms with van der Waals surface area (Å²) in [5.74, 6) is 2.99. The van der Waals surface area contributed by atoms with Crippen LogP contribution < -0.4 is 21.1 Å². The molecule has 0 spiro atoms. The van der Waals surface area contributed by atoms with E-state index in [0.29, 0.717) is 33.2 Å². The lowest BCUT2D eigenvalue weighted by Crippen LogP contribution is -2.47. The molecule has 12 rings (SSSR count). The Morgan fingerprint density at radius 3 is 1.61 bits per heavy atom. The average Bonchev–Trinajstić information content (AvgIpc) is 4.05. The van der Waals surface area contributed by atoms with Crippen LogP contribution in [0.2, 0.25) is 0 Å². The normalized spacial score (nSPS) is 14.3. The number of piperidine rings is 1. The summed E-state index contributed by atoms with van der Waals surface area (Å²) < 4.78 is 53.3. The van der Waals surface area contributed by atoms with Gasteiger partial charge in [0.15, 0.2) is 11.0 Å². The molecule has 2 fully saturated rings. The first-order valence-corrected chi connectivity index (χ1v) is 24.9. The number of aromatic amines is 2. The van der Waals surface area contributed by atoms with Crippen molar-refractivity contribution < 1.29 is 23.4 Å². The zero-order valence-corrected chi connectivity index (χ0v) is 40.6. The second-order valence-corrected chi connectivity index (χ2v) is 18.2. The minimum atomic E-state index is -1.00. The van der Waals surface area contributed by atoms with Crippen LogP contribution >= 0.6 is 15.9 Å². The monoisotopic (exact) mass is 1030 g/mol. The third kappa shape index (κ3) is 11.1. The summed E-state index contributed by atoms with van der Waals surface area (Å²) in [5, 5.41) is 6.47. The number of anilines is 2. The number of imidazole rings is 2. The smallest absolute Gasteiger partial charge is 0.362 e. The van der Waals surface area contributed by atoms with Crippen molar-refractivity contribution in [3.8, 4) is 0 Å². The minimum absolute atomic E-state index is 0.191. The number of hydrogen-bond donors (Lipinski definition) is 2. The molecule has 71 heavy (non-hydrogen) atoms. The molecule has 0 unspecified atom stereocenters. The summed E-state index contributed by atoms with van der Waals surface area (Å²) >= 11 is 3.38. The highest BCUT2D eigenvalue weighted by molar-refractivity contribution is 9.09. The maximum absolute atomic E-state index is 13.8. The van der Waals surface area contributed by atoms with E-state index in [2.05, 4.69) is 55.5 Å². The SMILES string of the molecule is Fc1ccc2ccnc(N3CCCCC3)c2c1.O=c1oc2ccccc2c2nc(CCCBr)[nH]c12.O=c1oc2ccccc2c2nc(CCCN3CCN(c4nccc5ccc(F)cc45)CC3)[nH]c12.[2H]CF. The predicted octanol–water partition coefficient (Wildman–Crippen LogP) is 11.1. The first kappa shape index (κ1) is 47.6. The van der Waals surface area contributed by atoms with E-state index in [4.69, 9.17) is 15.2 Å². The molecule has 6 aromatic heterocycles. The largest absolute Gasteiger partial charge is 0.421 e. The van der Waals surface area contributed by atoms with E-state index in [1.165, 1.54) is 31.4 Å². The molecule has 17 heteroatoms. The molecule has 2 N–H and O–H groups in total. The van der Waals surface area contributed by atoms with E-state index in [1.54, 1.807) is 36.5 Å². The van der Waals surface area contributed by atoms with Crippen molar-refractivity contribution >= 4 is 93.1 Å². The second-order valence-electron chi connectivity index (χ2n) is 17.4. The first-order valence-electron chi connectivity index (χ1n) is 24.4. The number of nitrogens with one attached hydrogen (secondary N) is 2. The summed E-state index contributed by atoms with van der Waals surface area (Å²) in [6.07, 6.45) is 10.8. The van der Waals surface area contributed by atoms with Gasteiger partial charge in [-0.25, -0.2) is 38.3 Å². The van der Waals surface area contributed by atoms with Gasteiger partial charge in [0.2, 0.25) is 0 Å². The Bertz CT molecular complexity index is 3580. The number of aryl methyl sites for hydroxylation is 2. The van der Waals surface area contributed by atoms with Gasteiger partial charge in [-0.3, -0.25) is 9.29 Å². The summed E-state index contributed by atoms with van der Waals surface area (Å²) in [7, 11) is -1.00. The van der Waals surface area contributed by atoms with Crippen LogP contribution in [0.15, 0.2) is 128 Å². The molecule has 0 amide bonds. The van der Waals surface area contributed by atoms with Crippen molar-refractivity contribution in [2.24, 2.45) is 0 Å². The van der Waals surface area contributed by atoms with Crippen LogP contribution in [0.5, 0.6) is 0 Å². The van der Waals surface area contributed by atoms with Gasteiger partial charge in [-0.15, -0.1) is 0 Å². The molecule has 0 bridgehead atoms. The molecule has 0 aliphatic carbocycles. The van der Waals surface area contributed by atoms with E-state index in [-0.39, 0.29) is 22.9 Å². The molecular formula is C54H53BrF3N9O4. The molecule has 4 aromatic carbocycles. The predicted molar refractivity (Wildman–Crippen MR) is 280 cm³/mol. The third-order valence-corrected chi connectivity index (χ3v) is 13.3. The van der Waals surface area contributed by atoms with Gasteiger partial charge in [0.05, 0.1) is 8.52 Å². The van der Waals surface area contributed by atoms with Gasteiger partial charge in [0.1, 0.15) is 57.1 Å². The summed E-state index contributed by atoms with van der Waals surface area (Å²) in [4.78, 5) is 55.4. The van der Waals surface area contributed by atoms with Crippen LogP contribution in [-0.2, 0) is 12.8 Å². The van der Waals surface area contributed by atoms with Gasteiger partial charge in [-0.1, -0.05) is 52.3 Å². The molecule has 2 aliphatic rings. The maximum Gasteiger partial charge on any atom is 0.362 e. The lowest BCUT2D eigenvalue weighted by molar-refractivity contribution is 0.254. The van der Waals surface area contributed by atoms with Crippen LogP contribution in [0.25, 0.3) is 65.6 Å². The third-order valence-electron chi connectivity index (χ3n) is 12.8. The average molecular weight is 1030 g/mol. The number of rotatable bonds is 9. The molecule has 13 nitrogen and oxygen atoms in total. The Labute approximate surface area is 416 Å². The van der Waals surface area contributed by atoms with E-state index in [0.717, 1.165) is 132 Å². The number of halogens is 4. The highest BCUT2D eigenvalue weighted by Crippen LogP contribution is 2.29. The van der Waals surface area contributed by atoms with Crippen molar-refractivity contribution in [1.82, 2.24) is 34.8 Å². The van der Waals surface area contributed by atoms with Crippen molar-refractivity contribution in [3.63, 3.8) is 0 Å². The number of para-hydroxylation sites is 2. The Kier molecular flexibility index (Phi) is 15.2. The zero-order chi connectivity index (χ0) is 50.0. The number of pyridine rings is 2. The number of piperazine rings is 1. The van der Waals surface area contributed by atoms with E-state index >= 15 is 0 Å². The van der Waals surface area contributed by atoms with Crippen molar-refractivity contribution in [1.29, 1.82) is 0 Å². The molecule has 8 heterocycles. The Morgan fingerprint density at radius 2 is 1.10 bits per heavy atom. The van der Waals surface area contributed by atoms with Crippen LogP contribution in [-0.4, -0.2) is 93.1 Å². The number of benzene rings is 4. The maximum atomic E-state index is 13.8. The van der Waals surface area contributed by atoms with Crippen LogP contribution in [0.3, 0.4) is 0 Å². The van der Waals surface area contributed by atoms with Gasteiger partial charge in [0.25, 0.3) is 0 Å². The number of aromatic nitrogens is 6. The molecular weight excluding hydrogens is 976 g/mol. The molecule has 2 saturated heterocycles. The summed E-state index contributed by atoms with van der Waals surface area (Å²) in [6, 6.07) is 28.5. The highest BCUT2D eigenvalue weighted by atomic mass is 79.9. The number of H-pyrrole nitrogens is 2. The van der Waals surface area contributed by atoms with Gasteiger partial charge in [-0.05, 0) is 110 Å². The van der Waals surface area contributed by atoms with Crippen LogP contribution in [0.4, 0.5) is 24.8 Å². The van der Waals surface area contributed by atoms with E-state index in [1.807, 2.05) is 60.8 Å². The fourth-order valence-electron chi connectivity index (χ4n) is 9.32. The molecule has 0 atom stereocenters. The first-order chi connectivity index (χ1) is 35.2. The number of fused-ring (bicyclic) bond motifs is 8. The van der Waals surface area contributed by atoms with Crippen LogP contribution in [0, 0.1) is 11.6 Å². The Balaban J connectivity index is 0.000000142. The van der Waals surface area contributed by atoms with Crippen molar-refractivity contribution in [3.05, 3.63) is 154 Å². The van der Waals surface area contributed by atoms with Crippen molar-refractivity contribution in [2.45, 2.75) is 44.9 Å². The summed E-state index contributed by atoms with van der Waals surface area (Å²) in [5.41, 5.74) is 2.65. The highest BCUT2D eigenvalue weighted by Gasteiger charge is 2.21. The Morgan fingerprint density at radius 1 is 0.620 bits per heavy atom. The molecule has 10 aromatic rings. The van der Waals surface area contributed by atoms with E-state index < -0.39 is 7.15 Å². The fourth-order valence-corrected chi connectivity index (χ4v) is 9.60. The van der Waals surface area contributed by atoms with Gasteiger partial charge in [-0.2, -0.15) is 0 Å². The lowest BCUT2D eigenvalue weighted by Gasteiger charge is -2.35. The molecule has 2 aliphatic heterocycles. The number of nitrogens with zero attached hydrogens (tertiary/aromatic N) is 7. The minimum Gasteiger partial charge on any atom is -0.421 e. The Hall–Kier alpha value is -7.11. The zero-order valence-electron chi connectivity index (χ0n) is 40.0. The van der Waals surface area contributed by atoms with Gasteiger partial charge in [0, 0.05) is 91.4 Å².